The fourth-order valence-electron chi connectivity index (χ4n) is 2.63. The SMILES string of the molecule is CC1(C)CC(NC(=O)c2cnc(C3CC3)nc2)CCO1. The van der Waals surface area contributed by atoms with Gasteiger partial charge in [-0.05, 0) is 39.5 Å². The molecule has 0 bridgehead atoms. The zero-order valence-electron chi connectivity index (χ0n) is 12.1. The van der Waals surface area contributed by atoms with Crippen molar-refractivity contribution in [1.82, 2.24) is 15.3 Å². The van der Waals surface area contributed by atoms with Gasteiger partial charge in [0.1, 0.15) is 5.82 Å². The Morgan fingerprint density at radius 3 is 2.60 bits per heavy atom. The summed E-state index contributed by atoms with van der Waals surface area (Å²) in [5, 5.41) is 3.06. The van der Waals surface area contributed by atoms with E-state index in [9.17, 15) is 4.79 Å². The van der Waals surface area contributed by atoms with Crippen molar-refractivity contribution in [3.8, 4) is 0 Å². The second-order valence-corrected chi connectivity index (χ2v) is 6.38. The Hall–Kier alpha value is -1.49. The van der Waals surface area contributed by atoms with Gasteiger partial charge in [-0.2, -0.15) is 0 Å². The normalized spacial score (nSPS) is 25.2. The number of nitrogens with one attached hydrogen (secondary N) is 1. The molecule has 1 atom stereocenters. The first-order chi connectivity index (χ1) is 9.53. The molecule has 1 aromatic heterocycles. The van der Waals surface area contributed by atoms with Gasteiger partial charge in [-0.15, -0.1) is 0 Å². The van der Waals surface area contributed by atoms with Crippen LogP contribution in [0.1, 0.15) is 61.6 Å². The van der Waals surface area contributed by atoms with Gasteiger partial charge in [0.05, 0.1) is 11.2 Å². The summed E-state index contributed by atoms with van der Waals surface area (Å²) in [6, 6.07) is 0.161. The van der Waals surface area contributed by atoms with Crippen molar-refractivity contribution in [2.45, 2.75) is 57.1 Å². The molecule has 20 heavy (non-hydrogen) atoms. The third-order valence-corrected chi connectivity index (χ3v) is 3.91. The van der Waals surface area contributed by atoms with Crippen LogP contribution in [-0.2, 0) is 4.74 Å². The fraction of sp³-hybridized carbons (Fsp3) is 0.667. The summed E-state index contributed by atoms with van der Waals surface area (Å²) in [7, 11) is 0. The zero-order valence-corrected chi connectivity index (χ0v) is 12.1. The Labute approximate surface area is 119 Å². The zero-order chi connectivity index (χ0) is 14.2. The number of carbonyl (C=O) groups excluding carboxylic acids is 1. The molecule has 1 aromatic rings. The molecule has 1 unspecified atom stereocenters. The van der Waals surface area contributed by atoms with E-state index < -0.39 is 0 Å². The fourth-order valence-corrected chi connectivity index (χ4v) is 2.63. The van der Waals surface area contributed by atoms with E-state index in [0.29, 0.717) is 18.1 Å². The molecule has 3 rings (SSSR count). The highest BCUT2D eigenvalue weighted by atomic mass is 16.5. The van der Waals surface area contributed by atoms with E-state index in [-0.39, 0.29) is 17.6 Å². The maximum absolute atomic E-state index is 12.2. The molecular weight excluding hydrogens is 254 g/mol. The molecule has 5 nitrogen and oxygen atoms in total. The number of hydrogen-bond acceptors (Lipinski definition) is 4. The maximum atomic E-state index is 12.2. The van der Waals surface area contributed by atoms with Crippen LogP contribution in [0.4, 0.5) is 0 Å². The van der Waals surface area contributed by atoms with Crippen molar-refractivity contribution in [3.05, 3.63) is 23.8 Å². The van der Waals surface area contributed by atoms with Crippen LogP contribution in [0.25, 0.3) is 0 Å². The Bertz CT molecular complexity index is 494. The van der Waals surface area contributed by atoms with Crippen molar-refractivity contribution in [2.24, 2.45) is 0 Å². The molecule has 0 aromatic carbocycles. The first-order valence-electron chi connectivity index (χ1n) is 7.30. The molecule has 2 heterocycles. The summed E-state index contributed by atoms with van der Waals surface area (Å²) in [5.74, 6) is 1.30. The number of amides is 1. The van der Waals surface area contributed by atoms with Crippen LogP contribution in [-0.4, -0.2) is 34.1 Å². The molecule has 1 aliphatic heterocycles. The van der Waals surface area contributed by atoms with E-state index in [4.69, 9.17) is 4.74 Å². The van der Waals surface area contributed by atoms with Gasteiger partial charge in [0, 0.05) is 31.0 Å². The third kappa shape index (κ3) is 3.15. The lowest BCUT2D eigenvalue weighted by molar-refractivity contribution is -0.0615. The molecule has 108 valence electrons. The van der Waals surface area contributed by atoms with Gasteiger partial charge in [0.2, 0.25) is 0 Å². The number of aromatic nitrogens is 2. The quantitative estimate of drug-likeness (QED) is 0.917. The maximum Gasteiger partial charge on any atom is 0.254 e. The van der Waals surface area contributed by atoms with Gasteiger partial charge in [0.15, 0.2) is 0 Å². The molecule has 2 fully saturated rings. The van der Waals surface area contributed by atoms with Crippen molar-refractivity contribution in [1.29, 1.82) is 0 Å². The average molecular weight is 275 g/mol. The lowest BCUT2D eigenvalue weighted by atomic mass is 9.94. The standard InChI is InChI=1S/C15H21N3O2/c1-15(2)7-12(5-6-20-15)18-14(19)11-8-16-13(17-9-11)10-3-4-10/h8-10,12H,3-7H2,1-2H3,(H,18,19). The van der Waals surface area contributed by atoms with Crippen molar-refractivity contribution < 1.29 is 9.53 Å². The summed E-state index contributed by atoms with van der Waals surface area (Å²) >= 11 is 0. The van der Waals surface area contributed by atoms with Crippen LogP contribution in [0.3, 0.4) is 0 Å². The lowest BCUT2D eigenvalue weighted by Crippen LogP contribution is -2.45. The van der Waals surface area contributed by atoms with Crippen LogP contribution in [0.2, 0.25) is 0 Å². The highest BCUT2D eigenvalue weighted by molar-refractivity contribution is 5.93. The predicted molar refractivity (Wildman–Crippen MR) is 74.5 cm³/mol. The van der Waals surface area contributed by atoms with Crippen molar-refractivity contribution in [2.75, 3.05) is 6.61 Å². The molecule has 1 amide bonds. The van der Waals surface area contributed by atoms with Crippen LogP contribution < -0.4 is 5.32 Å². The minimum absolute atomic E-state index is 0.0879. The van der Waals surface area contributed by atoms with Crippen LogP contribution in [0.15, 0.2) is 12.4 Å². The molecular formula is C15H21N3O2. The Morgan fingerprint density at radius 2 is 2.00 bits per heavy atom. The van der Waals surface area contributed by atoms with Gasteiger partial charge in [-0.1, -0.05) is 0 Å². The van der Waals surface area contributed by atoms with Gasteiger partial charge >= 0.3 is 0 Å². The number of carbonyl (C=O) groups is 1. The van der Waals surface area contributed by atoms with E-state index >= 15 is 0 Å². The van der Waals surface area contributed by atoms with Crippen LogP contribution in [0.5, 0.6) is 0 Å². The van der Waals surface area contributed by atoms with E-state index in [2.05, 4.69) is 29.1 Å². The molecule has 0 spiro atoms. The average Bonchev–Trinajstić information content (AvgIpc) is 3.22. The van der Waals surface area contributed by atoms with E-state index in [1.54, 1.807) is 12.4 Å². The van der Waals surface area contributed by atoms with Crippen LogP contribution >= 0.6 is 0 Å². The van der Waals surface area contributed by atoms with Crippen molar-refractivity contribution >= 4 is 5.91 Å². The van der Waals surface area contributed by atoms with Crippen molar-refractivity contribution in [3.63, 3.8) is 0 Å². The number of hydrogen-bond donors (Lipinski definition) is 1. The first-order valence-corrected chi connectivity index (χ1v) is 7.30. The molecule has 1 saturated carbocycles. The molecule has 5 heteroatoms. The van der Waals surface area contributed by atoms with Gasteiger partial charge in [0.25, 0.3) is 5.91 Å². The highest BCUT2D eigenvalue weighted by Crippen LogP contribution is 2.37. The third-order valence-electron chi connectivity index (χ3n) is 3.91. The minimum Gasteiger partial charge on any atom is -0.375 e. The second-order valence-electron chi connectivity index (χ2n) is 6.38. The Balaban J connectivity index is 1.60. The minimum atomic E-state index is -0.164. The first kappa shape index (κ1) is 13.5. The second kappa shape index (κ2) is 5.13. The van der Waals surface area contributed by atoms with Gasteiger partial charge < -0.3 is 10.1 Å². The number of rotatable bonds is 3. The predicted octanol–water partition coefficient (Wildman–Crippen LogP) is 2.04. The Kier molecular flexibility index (Phi) is 3.46. The topological polar surface area (TPSA) is 64.1 Å². The summed E-state index contributed by atoms with van der Waals surface area (Å²) in [6.45, 7) is 4.80. The molecule has 0 radical (unpaired) electrons. The van der Waals surface area contributed by atoms with E-state index in [1.807, 2.05) is 0 Å². The smallest absolute Gasteiger partial charge is 0.254 e. The summed E-state index contributed by atoms with van der Waals surface area (Å²) in [6.07, 6.45) is 7.31. The molecule has 1 saturated heterocycles. The monoisotopic (exact) mass is 275 g/mol. The van der Waals surface area contributed by atoms with E-state index in [1.165, 1.54) is 12.8 Å². The van der Waals surface area contributed by atoms with Crippen LogP contribution in [0, 0.1) is 0 Å². The molecule has 2 aliphatic rings. The summed E-state index contributed by atoms with van der Waals surface area (Å²) < 4.78 is 5.66. The van der Waals surface area contributed by atoms with Gasteiger partial charge in [-0.25, -0.2) is 9.97 Å². The highest BCUT2D eigenvalue weighted by Gasteiger charge is 2.30. The summed E-state index contributed by atoms with van der Waals surface area (Å²) in [4.78, 5) is 20.8. The number of ether oxygens (including phenoxy) is 1. The largest absolute Gasteiger partial charge is 0.375 e. The molecule has 1 N–H and O–H groups in total. The van der Waals surface area contributed by atoms with E-state index in [0.717, 1.165) is 18.7 Å². The summed E-state index contributed by atoms with van der Waals surface area (Å²) in [5.41, 5.74) is 0.376. The lowest BCUT2D eigenvalue weighted by Gasteiger charge is -2.35. The van der Waals surface area contributed by atoms with Gasteiger partial charge in [-0.3, -0.25) is 4.79 Å². The molecule has 1 aliphatic carbocycles. The number of nitrogens with zero attached hydrogens (tertiary/aromatic N) is 2. The Morgan fingerprint density at radius 1 is 1.30 bits per heavy atom.